The molecule has 0 aromatic rings. The van der Waals surface area contributed by atoms with Crippen LogP contribution in [0.1, 0.15) is 93.4 Å². The fourth-order valence-electron chi connectivity index (χ4n) is 4.55. The molecule has 2 rings (SSSR count). The molecule has 0 aromatic carbocycles. The van der Waals surface area contributed by atoms with Gasteiger partial charge in [-0.3, -0.25) is 0 Å². The van der Waals surface area contributed by atoms with Crippen molar-refractivity contribution >= 4 is 19.2 Å². The lowest BCUT2D eigenvalue weighted by Gasteiger charge is -2.36. The first kappa shape index (κ1) is 28.9. The number of unbranched alkanes of at least 4 members (excludes halogenated alkanes) is 1. The molecule has 0 saturated carbocycles. The number of alkyl carbamates (subject to hydrolysis) is 1. The number of nitrogens with zero attached hydrogens (tertiary/aromatic N) is 1. The van der Waals surface area contributed by atoms with Crippen LogP contribution in [0.25, 0.3) is 0 Å². The summed E-state index contributed by atoms with van der Waals surface area (Å²) in [5.41, 5.74) is -2.51. The van der Waals surface area contributed by atoms with Gasteiger partial charge in [0.25, 0.3) is 0 Å². The summed E-state index contributed by atoms with van der Waals surface area (Å²) in [6.45, 7) is 16.4. The van der Waals surface area contributed by atoms with Gasteiger partial charge in [-0.1, -0.05) is 19.3 Å². The molecule has 0 bridgehead atoms. The maximum absolute atomic E-state index is 13.1. The van der Waals surface area contributed by atoms with E-state index in [2.05, 4.69) is 10.2 Å². The zero-order valence-corrected chi connectivity index (χ0v) is 22.8. The van der Waals surface area contributed by atoms with E-state index in [4.69, 9.17) is 18.8 Å². The largest absolute Gasteiger partial charge is 0.467 e. The highest BCUT2D eigenvalue weighted by Crippen LogP contribution is 2.38. The Morgan fingerprint density at radius 3 is 2.09 bits per heavy atom. The number of rotatable bonds is 10. The van der Waals surface area contributed by atoms with Gasteiger partial charge in [0.1, 0.15) is 11.1 Å². The molecule has 0 radical (unpaired) electrons. The average molecular weight is 482 g/mol. The van der Waals surface area contributed by atoms with Crippen molar-refractivity contribution in [2.45, 2.75) is 122 Å². The van der Waals surface area contributed by atoms with E-state index < -0.39 is 23.2 Å². The number of methoxy groups -OCH3 is 1. The summed E-state index contributed by atoms with van der Waals surface area (Å²) in [5, 5.41) is 2.91. The number of esters is 1. The lowest BCUT2D eigenvalue weighted by molar-refractivity contribution is -0.149. The molecule has 8 nitrogen and oxygen atoms in total. The zero-order valence-electron chi connectivity index (χ0n) is 22.8. The van der Waals surface area contributed by atoms with Gasteiger partial charge in [0, 0.05) is 6.54 Å². The molecule has 2 saturated heterocycles. The van der Waals surface area contributed by atoms with Crippen molar-refractivity contribution in [1.82, 2.24) is 10.2 Å². The summed E-state index contributed by atoms with van der Waals surface area (Å²) in [5.74, 6) is -0.425. The maximum atomic E-state index is 13.1. The van der Waals surface area contributed by atoms with Crippen LogP contribution in [0.3, 0.4) is 0 Å². The fourth-order valence-corrected chi connectivity index (χ4v) is 4.55. The SMILES string of the molecule is COC(=O)[C@@](CCCCB1OC(C)(C)C(C)(C)O1)(CCN1CCCCC1)NC(=O)OC(C)(C)C. The van der Waals surface area contributed by atoms with Gasteiger partial charge < -0.3 is 29.0 Å². The second-order valence-corrected chi connectivity index (χ2v) is 11.8. The van der Waals surface area contributed by atoms with Crippen LogP contribution in [0, 0.1) is 0 Å². The van der Waals surface area contributed by atoms with Crippen molar-refractivity contribution in [2.75, 3.05) is 26.7 Å². The van der Waals surface area contributed by atoms with Crippen LogP contribution in [0.4, 0.5) is 4.79 Å². The van der Waals surface area contributed by atoms with Crippen molar-refractivity contribution < 1.29 is 28.4 Å². The van der Waals surface area contributed by atoms with E-state index in [1.54, 1.807) is 0 Å². The Hall–Kier alpha value is -1.32. The first-order valence-corrected chi connectivity index (χ1v) is 12.9. The van der Waals surface area contributed by atoms with Crippen LogP contribution in [0.5, 0.6) is 0 Å². The molecule has 0 spiro atoms. The molecule has 0 unspecified atom stereocenters. The standard InChI is InChI=1S/C25H47BN2O6/c1-22(2,3)32-21(30)27-25(20(29)31-8,15-19-28-17-12-9-13-18-28)14-10-11-16-26-33-23(4,5)24(6,7)34-26/h9-19H2,1-8H3,(H,27,30)/t25-/m1/s1. The van der Waals surface area contributed by atoms with Crippen molar-refractivity contribution in [1.29, 1.82) is 0 Å². The molecule has 1 N–H and O–H groups in total. The first-order chi connectivity index (χ1) is 15.7. The summed E-state index contributed by atoms with van der Waals surface area (Å²) in [4.78, 5) is 28.2. The molecule has 196 valence electrons. The maximum Gasteiger partial charge on any atom is 0.457 e. The Kier molecular flexibility index (Phi) is 9.88. The van der Waals surface area contributed by atoms with E-state index in [9.17, 15) is 9.59 Å². The number of ether oxygens (including phenoxy) is 2. The third kappa shape index (κ3) is 8.13. The fraction of sp³-hybridized carbons (Fsp3) is 0.920. The predicted octanol–water partition coefficient (Wildman–Crippen LogP) is 4.56. The Balaban J connectivity index is 2.05. The lowest BCUT2D eigenvalue weighted by atomic mass is 9.80. The molecule has 2 fully saturated rings. The minimum absolute atomic E-state index is 0.273. The molecule has 1 amide bonds. The minimum Gasteiger partial charge on any atom is -0.467 e. The zero-order chi connectivity index (χ0) is 25.6. The van der Waals surface area contributed by atoms with Gasteiger partial charge in [0.15, 0.2) is 0 Å². The highest BCUT2D eigenvalue weighted by Gasteiger charge is 2.50. The number of hydrogen-bond donors (Lipinski definition) is 1. The summed E-state index contributed by atoms with van der Waals surface area (Å²) >= 11 is 0. The second-order valence-electron chi connectivity index (χ2n) is 11.8. The lowest BCUT2D eigenvalue weighted by Crippen LogP contribution is -2.57. The van der Waals surface area contributed by atoms with E-state index in [0.29, 0.717) is 12.8 Å². The predicted molar refractivity (Wildman–Crippen MR) is 134 cm³/mol. The molecule has 0 aliphatic carbocycles. The van der Waals surface area contributed by atoms with Crippen molar-refractivity contribution in [2.24, 2.45) is 0 Å². The molecule has 0 aromatic heterocycles. The average Bonchev–Trinajstić information content (AvgIpc) is 2.94. The van der Waals surface area contributed by atoms with Gasteiger partial charge >= 0.3 is 19.2 Å². The van der Waals surface area contributed by atoms with Crippen LogP contribution in [0.15, 0.2) is 0 Å². The molecule has 2 heterocycles. The van der Waals surface area contributed by atoms with E-state index in [0.717, 1.165) is 38.8 Å². The third-order valence-corrected chi connectivity index (χ3v) is 7.22. The number of hydrogen-bond acceptors (Lipinski definition) is 7. The number of nitrogens with one attached hydrogen (secondary N) is 1. The highest BCUT2D eigenvalue weighted by atomic mass is 16.7. The Morgan fingerprint density at radius 2 is 1.56 bits per heavy atom. The normalized spacial score (nSPS) is 22.2. The van der Waals surface area contributed by atoms with E-state index in [-0.39, 0.29) is 18.3 Å². The number of piperidine rings is 1. The Bertz CT molecular complexity index is 671. The van der Waals surface area contributed by atoms with Crippen molar-refractivity contribution in [3.63, 3.8) is 0 Å². The molecular weight excluding hydrogens is 435 g/mol. The first-order valence-electron chi connectivity index (χ1n) is 12.9. The van der Waals surface area contributed by atoms with Gasteiger partial charge in [-0.25, -0.2) is 9.59 Å². The van der Waals surface area contributed by atoms with Crippen molar-refractivity contribution in [3.8, 4) is 0 Å². The minimum atomic E-state index is -1.13. The third-order valence-electron chi connectivity index (χ3n) is 7.22. The summed E-state index contributed by atoms with van der Waals surface area (Å²) in [7, 11) is 1.10. The van der Waals surface area contributed by atoms with Gasteiger partial charge in [-0.2, -0.15) is 0 Å². The Labute approximate surface area is 206 Å². The van der Waals surface area contributed by atoms with Gasteiger partial charge in [0.2, 0.25) is 0 Å². The monoisotopic (exact) mass is 482 g/mol. The number of carbonyl (C=O) groups is 2. The summed E-state index contributed by atoms with van der Waals surface area (Å²) < 4.78 is 22.9. The quantitative estimate of drug-likeness (QED) is 0.278. The van der Waals surface area contributed by atoms with Crippen LogP contribution in [0.2, 0.25) is 6.32 Å². The smallest absolute Gasteiger partial charge is 0.457 e. The molecule has 9 heteroatoms. The molecule has 1 atom stereocenters. The number of carbonyl (C=O) groups excluding carboxylic acids is 2. The Morgan fingerprint density at radius 1 is 0.971 bits per heavy atom. The second kappa shape index (κ2) is 11.6. The van der Waals surface area contributed by atoms with Gasteiger partial charge in [-0.15, -0.1) is 0 Å². The topological polar surface area (TPSA) is 86.3 Å². The number of likely N-dealkylation sites (tertiary alicyclic amines) is 1. The van der Waals surface area contributed by atoms with Crippen molar-refractivity contribution in [3.05, 3.63) is 0 Å². The molecule has 2 aliphatic rings. The molecule has 2 aliphatic heterocycles. The van der Waals surface area contributed by atoms with Crippen LogP contribution in [-0.4, -0.2) is 73.2 Å². The summed E-state index contributed by atoms with van der Waals surface area (Å²) in [6.07, 6.45) is 6.17. The number of amides is 1. The van der Waals surface area contributed by atoms with Crippen LogP contribution >= 0.6 is 0 Å². The molecular formula is C25H47BN2O6. The van der Waals surface area contributed by atoms with E-state index in [1.165, 1.54) is 26.4 Å². The van der Waals surface area contributed by atoms with E-state index >= 15 is 0 Å². The summed E-state index contributed by atoms with van der Waals surface area (Å²) in [6, 6.07) is 0. The molecule has 34 heavy (non-hydrogen) atoms. The van der Waals surface area contributed by atoms with Gasteiger partial charge in [0.05, 0.1) is 18.3 Å². The highest BCUT2D eigenvalue weighted by molar-refractivity contribution is 6.45. The van der Waals surface area contributed by atoms with Crippen LogP contribution < -0.4 is 5.32 Å². The van der Waals surface area contributed by atoms with E-state index in [1.807, 2.05) is 48.5 Å². The van der Waals surface area contributed by atoms with Crippen LogP contribution in [-0.2, 0) is 23.6 Å². The van der Waals surface area contributed by atoms with Gasteiger partial charge in [-0.05, 0) is 93.6 Å².